The van der Waals surface area contributed by atoms with Gasteiger partial charge in [-0.05, 0) is 36.8 Å². The maximum absolute atomic E-state index is 11.8. The Morgan fingerprint density at radius 2 is 2.04 bits per heavy atom. The van der Waals surface area contributed by atoms with Gasteiger partial charge < -0.3 is 16.0 Å². The van der Waals surface area contributed by atoms with E-state index in [0.717, 1.165) is 36.4 Å². The summed E-state index contributed by atoms with van der Waals surface area (Å²) >= 11 is 0. The first-order valence-corrected chi connectivity index (χ1v) is 9.86. The summed E-state index contributed by atoms with van der Waals surface area (Å²) < 4.78 is 0. The van der Waals surface area contributed by atoms with Crippen LogP contribution in [0.25, 0.3) is 0 Å². The van der Waals surface area contributed by atoms with Crippen LogP contribution in [0.5, 0.6) is 0 Å². The lowest BCUT2D eigenvalue weighted by Gasteiger charge is -2.16. The molecule has 0 aliphatic carbocycles. The van der Waals surface area contributed by atoms with Crippen LogP contribution in [0.2, 0.25) is 0 Å². The number of carbonyl (C=O) groups excluding carboxylic acids is 1. The van der Waals surface area contributed by atoms with Crippen molar-refractivity contribution in [1.29, 1.82) is 0 Å². The Labute approximate surface area is 158 Å². The van der Waals surface area contributed by atoms with Crippen molar-refractivity contribution in [2.75, 3.05) is 6.54 Å². The molecule has 144 valence electrons. The van der Waals surface area contributed by atoms with Gasteiger partial charge in [0.05, 0.1) is 6.54 Å². The molecule has 0 radical (unpaired) electrons. The first-order chi connectivity index (χ1) is 12.4. The van der Waals surface area contributed by atoms with Crippen LogP contribution in [0.15, 0.2) is 29.3 Å². The van der Waals surface area contributed by atoms with E-state index in [1.54, 1.807) is 0 Å². The number of nitrogens with one attached hydrogen (secondary N) is 1. The molecule has 1 saturated heterocycles. The van der Waals surface area contributed by atoms with Crippen molar-refractivity contribution in [3.8, 4) is 0 Å². The zero-order chi connectivity index (χ0) is 18.9. The van der Waals surface area contributed by atoms with Gasteiger partial charge in [-0.1, -0.05) is 51.0 Å². The zero-order valence-corrected chi connectivity index (χ0v) is 16.5. The Bertz CT molecular complexity index is 612. The molecule has 1 aromatic carbocycles. The largest absolute Gasteiger partial charge is 0.370 e. The second-order valence-corrected chi connectivity index (χ2v) is 7.81. The molecule has 5 nitrogen and oxygen atoms in total. The molecule has 0 spiro atoms. The minimum atomic E-state index is 0.258. The van der Waals surface area contributed by atoms with E-state index in [0.29, 0.717) is 31.5 Å². The number of aliphatic imine (C=N–C) groups is 1. The molecule has 26 heavy (non-hydrogen) atoms. The third-order valence-electron chi connectivity index (χ3n) is 4.78. The number of hydrogen-bond acceptors (Lipinski definition) is 2. The van der Waals surface area contributed by atoms with E-state index in [2.05, 4.69) is 49.3 Å². The summed E-state index contributed by atoms with van der Waals surface area (Å²) in [5.41, 5.74) is 8.30. The minimum Gasteiger partial charge on any atom is -0.370 e. The van der Waals surface area contributed by atoms with E-state index in [9.17, 15) is 4.79 Å². The molecule has 2 rings (SSSR count). The van der Waals surface area contributed by atoms with E-state index in [-0.39, 0.29) is 5.91 Å². The van der Waals surface area contributed by atoms with Crippen molar-refractivity contribution < 1.29 is 4.79 Å². The predicted octanol–water partition coefficient (Wildman–Crippen LogP) is 3.43. The number of likely N-dealkylation sites (tertiary alicyclic amines) is 1. The van der Waals surface area contributed by atoms with Gasteiger partial charge in [-0.2, -0.15) is 0 Å². The molecule has 1 atom stereocenters. The number of nitrogens with two attached hydrogens (primary N) is 1. The molecular weight excluding hydrogens is 324 g/mol. The Morgan fingerprint density at radius 1 is 1.27 bits per heavy atom. The summed E-state index contributed by atoms with van der Waals surface area (Å²) in [5.74, 6) is 1.51. The Balaban J connectivity index is 1.81. The molecule has 1 aliphatic rings. The molecule has 0 saturated carbocycles. The van der Waals surface area contributed by atoms with E-state index in [4.69, 9.17) is 5.73 Å². The van der Waals surface area contributed by atoms with Gasteiger partial charge in [0, 0.05) is 25.6 Å². The highest BCUT2D eigenvalue weighted by molar-refractivity contribution is 5.78. The van der Waals surface area contributed by atoms with Gasteiger partial charge in [0.1, 0.15) is 0 Å². The first-order valence-electron chi connectivity index (χ1n) is 9.86. The molecule has 3 N–H and O–H groups in total. The number of guanidine groups is 1. The smallest absolute Gasteiger partial charge is 0.222 e. The molecule has 0 bridgehead atoms. The standard InChI is InChI=1S/C21H34N4O/c1-16(2)7-4-8-17(3)24-21(22)23-14-18-9-5-10-19(13-18)15-25-12-6-11-20(25)26/h5,9-10,13,16-17H,4,6-8,11-12,14-15H2,1-3H3,(H3,22,23,24). The third kappa shape index (κ3) is 7.06. The fraction of sp³-hybridized carbons (Fsp3) is 0.619. The fourth-order valence-electron chi connectivity index (χ4n) is 3.30. The second kappa shape index (κ2) is 10.2. The van der Waals surface area contributed by atoms with Gasteiger partial charge in [0.25, 0.3) is 0 Å². The average molecular weight is 359 g/mol. The monoisotopic (exact) mass is 358 g/mol. The normalized spacial score (nSPS) is 16.4. The first kappa shape index (κ1) is 20.3. The number of nitrogens with zero attached hydrogens (tertiary/aromatic N) is 2. The van der Waals surface area contributed by atoms with Crippen LogP contribution in [0.4, 0.5) is 0 Å². The van der Waals surface area contributed by atoms with Crippen LogP contribution < -0.4 is 11.1 Å². The van der Waals surface area contributed by atoms with E-state index < -0.39 is 0 Å². The minimum absolute atomic E-state index is 0.258. The maximum atomic E-state index is 11.8. The van der Waals surface area contributed by atoms with Gasteiger partial charge >= 0.3 is 0 Å². The highest BCUT2D eigenvalue weighted by Crippen LogP contribution is 2.15. The fourth-order valence-corrected chi connectivity index (χ4v) is 3.30. The van der Waals surface area contributed by atoms with Crippen LogP contribution in [-0.4, -0.2) is 29.4 Å². The van der Waals surface area contributed by atoms with Gasteiger partial charge in [-0.15, -0.1) is 0 Å². The number of amides is 1. The highest BCUT2D eigenvalue weighted by Gasteiger charge is 2.19. The van der Waals surface area contributed by atoms with Crippen LogP contribution >= 0.6 is 0 Å². The lowest BCUT2D eigenvalue weighted by atomic mass is 10.0. The summed E-state index contributed by atoms with van der Waals surface area (Å²) in [4.78, 5) is 18.2. The summed E-state index contributed by atoms with van der Waals surface area (Å²) in [6.07, 6.45) is 5.21. The highest BCUT2D eigenvalue weighted by atomic mass is 16.2. The van der Waals surface area contributed by atoms with E-state index >= 15 is 0 Å². The Kier molecular flexibility index (Phi) is 7.95. The van der Waals surface area contributed by atoms with Gasteiger partial charge in [-0.25, -0.2) is 4.99 Å². The second-order valence-electron chi connectivity index (χ2n) is 7.81. The lowest BCUT2D eigenvalue weighted by Crippen LogP contribution is -2.38. The van der Waals surface area contributed by atoms with Crippen LogP contribution in [0.3, 0.4) is 0 Å². The summed E-state index contributed by atoms with van der Waals surface area (Å²) in [6, 6.07) is 8.60. The maximum Gasteiger partial charge on any atom is 0.222 e. The van der Waals surface area contributed by atoms with Crippen molar-refractivity contribution in [3.63, 3.8) is 0 Å². The van der Waals surface area contributed by atoms with Gasteiger partial charge in [0.2, 0.25) is 5.91 Å². The van der Waals surface area contributed by atoms with E-state index in [1.807, 2.05) is 11.0 Å². The van der Waals surface area contributed by atoms with Gasteiger partial charge in [-0.3, -0.25) is 4.79 Å². The Hall–Kier alpha value is -2.04. The predicted molar refractivity (Wildman–Crippen MR) is 108 cm³/mol. The van der Waals surface area contributed by atoms with Crippen LogP contribution in [-0.2, 0) is 17.9 Å². The topological polar surface area (TPSA) is 70.7 Å². The molecule has 1 fully saturated rings. The lowest BCUT2D eigenvalue weighted by molar-refractivity contribution is -0.128. The van der Waals surface area contributed by atoms with Crippen LogP contribution in [0.1, 0.15) is 64.0 Å². The molecule has 0 aromatic heterocycles. The van der Waals surface area contributed by atoms with Crippen molar-refractivity contribution in [3.05, 3.63) is 35.4 Å². The Morgan fingerprint density at radius 3 is 2.73 bits per heavy atom. The van der Waals surface area contributed by atoms with Crippen molar-refractivity contribution in [1.82, 2.24) is 10.2 Å². The van der Waals surface area contributed by atoms with Gasteiger partial charge in [0.15, 0.2) is 5.96 Å². The molecule has 1 aromatic rings. The van der Waals surface area contributed by atoms with Crippen molar-refractivity contribution in [2.24, 2.45) is 16.6 Å². The van der Waals surface area contributed by atoms with Crippen LogP contribution in [0, 0.1) is 5.92 Å². The molecule has 5 heteroatoms. The molecule has 1 unspecified atom stereocenters. The van der Waals surface area contributed by atoms with E-state index in [1.165, 1.54) is 12.8 Å². The third-order valence-corrected chi connectivity index (χ3v) is 4.78. The molecule has 1 heterocycles. The molecule has 1 amide bonds. The van der Waals surface area contributed by atoms with Crippen molar-refractivity contribution in [2.45, 2.75) is 72.0 Å². The quantitative estimate of drug-likeness (QED) is 0.525. The summed E-state index contributed by atoms with van der Waals surface area (Å²) in [5, 5.41) is 3.28. The average Bonchev–Trinajstić information content (AvgIpc) is 2.98. The molecule has 1 aliphatic heterocycles. The number of benzene rings is 1. The number of hydrogen-bond donors (Lipinski definition) is 2. The number of carbonyl (C=O) groups is 1. The number of rotatable bonds is 9. The summed E-state index contributed by atoms with van der Waals surface area (Å²) in [6.45, 7) is 8.77. The summed E-state index contributed by atoms with van der Waals surface area (Å²) in [7, 11) is 0. The molecular formula is C21H34N4O. The zero-order valence-electron chi connectivity index (χ0n) is 16.5. The van der Waals surface area contributed by atoms with Crippen molar-refractivity contribution >= 4 is 11.9 Å². The SMILES string of the molecule is CC(C)CCCC(C)NC(N)=NCc1cccc(CN2CCCC2=O)c1.